The predicted molar refractivity (Wildman–Crippen MR) is 162 cm³/mol. The van der Waals surface area contributed by atoms with Crippen LogP contribution in [0.15, 0.2) is 67.1 Å². The number of pyridine rings is 1. The molecule has 2 aromatic carbocycles. The summed E-state index contributed by atoms with van der Waals surface area (Å²) < 4.78 is 16.7. The van der Waals surface area contributed by atoms with Crippen LogP contribution >= 0.6 is 0 Å². The first kappa shape index (κ1) is 27.0. The molecule has 2 aromatic heterocycles. The summed E-state index contributed by atoms with van der Waals surface area (Å²) in [6.07, 6.45) is 10.1. The third kappa shape index (κ3) is 4.64. The van der Waals surface area contributed by atoms with Crippen LogP contribution in [0.1, 0.15) is 67.8 Å². The second kappa shape index (κ2) is 10.8. The van der Waals surface area contributed by atoms with Crippen LogP contribution in [0.5, 0.6) is 0 Å². The van der Waals surface area contributed by atoms with Gasteiger partial charge in [0.25, 0.3) is 0 Å². The van der Waals surface area contributed by atoms with Crippen LogP contribution in [-0.2, 0) is 4.79 Å². The molecule has 0 unspecified atom stereocenters. The molecule has 6 nitrogen and oxygen atoms in total. The van der Waals surface area contributed by atoms with E-state index in [1.165, 1.54) is 12.5 Å². The van der Waals surface area contributed by atoms with Gasteiger partial charge in [0, 0.05) is 54.0 Å². The first-order chi connectivity index (χ1) is 20.4. The van der Waals surface area contributed by atoms with Gasteiger partial charge in [-0.1, -0.05) is 38.1 Å². The van der Waals surface area contributed by atoms with Crippen molar-refractivity contribution in [1.82, 2.24) is 19.8 Å². The minimum Gasteiger partial charge on any atom is -0.341 e. The number of likely N-dealkylation sites (tertiary alicyclic amines) is 1. The zero-order valence-electron chi connectivity index (χ0n) is 24.2. The molecule has 0 radical (unpaired) electrons. The summed E-state index contributed by atoms with van der Waals surface area (Å²) in [4.78, 5) is 33.6. The molecule has 3 fully saturated rings. The normalized spacial score (nSPS) is 22.4. The van der Waals surface area contributed by atoms with Crippen molar-refractivity contribution in [2.45, 2.75) is 64.0 Å². The maximum atomic E-state index is 14.7. The molecule has 2 saturated heterocycles. The van der Waals surface area contributed by atoms with Gasteiger partial charge in [0.05, 0.1) is 23.4 Å². The molecule has 2 aliphatic heterocycles. The summed E-state index contributed by atoms with van der Waals surface area (Å²) in [5.41, 5.74) is 5.16. The molecule has 7 rings (SSSR count). The number of aromatic nitrogens is 2. The monoisotopic (exact) mass is 564 g/mol. The van der Waals surface area contributed by atoms with Crippen LogP contribution in [-0.4, -0.2) is 51.3 Å². The zero-order valence-corrected chi connectivity index (χ0v) is 24.2. The number of amides is 1. The standard InChI is InChI=1S/C35H37FN4O2/c1-21(2)26-5-3-4-6-27(26)29-18-24(36)8-10-31(29)40-20-30(28-11-14-37-19-32(28)40)34(41)22-12-15-39(16-13-22)35(42)33-23-7-9-25(17-23)38-33/h3-6,8,10-11,14,18-23,25,33,38H,7,9,12-13,15-17H2,1-2H3/t23-,25+,33-/m0/s1. The van der Waals surface area contributed by atoms with Crippen molar-refractivity contribution in [3.05, 3.63) is 84.1 Å². The Bertz CT molecular complexity index is 1670. The van der Waals surface area contributed by atoms with Gasteiger partial charge < -0.3 is 14.8 Å². The Labute approximate surface area is 245 Å². The molecular formula is C35H37FN4O2. The van der Waals surface area contributed by atoms with Gasteiger partial charge in [0.2, 0.25) is 5.91 Å². The van der Waals surface area contributed by atoms with Crippen LogP contribution in [0.4, 0.5) is 4.39 Å². The van der Waals surface area contributed by atoms with E-state index in [-0.39, 0.29) is 35.4 Å². The minimum absolute atomic E-state index is 0.0489. The maximum absolute atomic E-state index is 14.7. The lowest BCUT2D eigenvalue weighted by molar-refractivity contribution is -0.135. The molecule has 4 heterocycles. The maximum Gasteiger partial charge on any atom is 0.240 e. The van der Waals surface area contributed by atoms with E-state index in [2.05, 4.69) is 30.2 Å². The lowest BCUT2D eigenvalue weighted by Gasteiger charge is -2.35. The minimum atomic E-state index is -0.305. The number of ketones is 1. The molecular weight excluding hydrogens is 527 g/mol. The molecule has 1 amide bonds. The van der Waals surface area contributed by atoms with Gasteiger partial charge in [-0.15, -0.1) is 0 Å². The van der Waals surface area contributed by atoms with E-state index in [9.17, 15) is 14.0 Å². The summed E-state index contributed by atoms with van der Waals surface area (Å²) >= 11 is 0. The van der Waals surface area contributed by atoms with Crippen molar-refractivity contribution in [2.24, 2.45) is 11.8 Å². The quantitative estimate of drug-likeness (QED) is 0.271. The van der Waals surface area contributed by atoms with Crippen molar-refractivity contribution in [3.8, 4) is 16.8 Å². The zero-order chi connectivity index (χ0) is 29.0. The fourth-order valence-electron chi connectivity index (χ4n) is 7.56. The number of carbonyl (C=O) groups excluding carboxylic acids is 2. The van der Waals surface area contributed by atoms with Gasteiger partial charge in [-0.3, -0.25) is 14.6 Å². The van der Waals surface area contributed by atoms with Gasteiger partial charge >= 0.3 is 0 Å². The van der Waals surface area contributed by atoms with Crippen molar-refractivity contribution >= 4 is 22.6 Å². The topological polar surface area (TPSA) is 67.2 Å². The number of fused-ring (bicyclic) bond motifs is 3. The summed E-state index contributed by atoms with van der Waals surface area (Å²) in [5.74, 6) is 0.576. The van der Waals surface area contributed by atoms with Crippen molar-refractivity contribution < 1.29 is 14.0 Å². The summed E-state index contributed by atoms with van der Waals surface area (Å²) in [5, 5.41) is 4.36. The number of hydrogen-bond acceptors (Lipinski definition) is 4. The highest BCUT2D eigenvalue weighted by molar-refractivity contribution is 6.09. The highest BCUT2D eigenvalue weighted by atomic mass is 19.1. The number of carbonyl (C=O) groups is 2. The molecule has 1 N–H and O–H groups in total. The number of halogens is 1. The summed E-state index contributed by atoms with van der Waals surface area (Å²) in [7, 11) is 0. The smallest absolute Gasteiger partial charge is 0.240 e. The second-order valence-corrected chi connectivity index (χ2v) is 12.6. The average Bonchev–Trinajstić information content (AvgIpc) is 3.76. The average molecular weight is 565 g/mol. The van der Waals surface area contributed by atoms with Gasteiger partial charge in [0.1, 0.15) is 5.82 Å². The lowest BCUT2D eigenvalue weighted by Crippen LogP contribution is -2.51. The number of rotatable bonds is 6. The van der Waals surface area contributed by atoms with Gasteiger partial charge in [-0.25, -0.2) is 4.39 Å². The molecule has 4 aromatic rings. The fraction of sp³-hybridized carbons (Fsp3) is 0.400. The Morgan fingerprint density at radius 1 is 1.00 bits per heavy atom. The number of nitrogens with zero attached hydrogens (tertiary/aromatic N) is 3. The highest BCUT2D eigenvalue weighted by Gasteiger charge is 2.44. The Kier molecular flexibility index (Phi) is 6.93. The number of benzene rings is 2. The molecule has 0 spiro atoms. The Hall–Kier alpha value is -3.84. The largest absolute Gasteiger partial charge is 0.341 e. The van der Waals surface area contributed by atoms with Gasteiger partial charge in [-0.2, -0.15) is 0 Å². The van der Waals surface area contributed by atoms with E-state index >= 15 is 0 Å². The predicted octanol–water partition coefficient (Wildman–Crippen LogP) is 6.52. The van der Waals surface area contributed by atoms with Crippen LogP contribution in [0.2, 0.25) is 0 Å². The van der Waals surface area contributed by atoms with Gasteiger partial charge in [0.15, 0.2) is 5.78 Å². The Morgan fingerprint density at radius 3 is 2.55 bits per heavy atom. The van der Waals surface area contributed by atoms with E-state index in [0.29, 0.717) is 43.5 Å². The molecule has 1 aliphatic carbocycles. The van der Waals surface area contributed by atoms with Crippen molar-refractivity contribution in [1.29, 1.82) is 0 Å². The molecule has 7 heteroatoms. The third-order valence-electron chi connectivity index (χ3n) is 9.77. The van der Waals surface area contributed by atoms with Crippen LogP contribution in [0.25, 0.3) is 27.7 Å². The van der Waals surface area contributed by atoms with E-state index in [4.69, 9.17) is 0 Å². The van der Waals surface area contributed by atoms with Crippen molar-refractivity contribution in [2.75, 3.05) is 13.1 Å². The van der Waals surface area contributed by atoms with E-state index in [1.54, 1.807) is 24.5 Å². The van der Waals surface area contributed by atoms with Crippen LogP contribution in [0.3, 0.4) is 0 Å². The second-order valence-electron chi connectivity index (χ2n) is 12.6. The third-order valence-corrected chi connectivity index (χ3v) is 9.77. The Morgan fingerprint density at radius 2 is 1.81 bits per heavy atom. The summed E-state index contributed by atoms with van der Waals surface area (Å²) in [6.45, 7) is 5.49. The molecule has 3 aliphatic rings. The fourth-order valence-corrected chi connectivity index (χ4v) is 7.56. The number of piperidine rings is 2. The molecule has 216 valence electrons. The van der Waals surface area contributed by atoms with Crippen LogP contribution in [0, 0.1) is 17.7 Å². The molecule has 3 atom stereocenters. The number of Topliss-reactive ketones (excluding diaryl/α,β-unsaturated/α-hetero) is 1. The van der Waals surface area contributed by atoms with E-state index in [0.717, 1.165) is 46.1 Å². The SMILES string of the molecule is CC(C)c1ccccc1-c1cc(F)ccc1-n1cc(C(=O)C2CCN(C(=O)[C@H]3N[C@@H]4CC[C@H]3C4)CC2)c2ccncc21. The van der Waals surface area contributed by atoms with E-state index < -0.39 is 0 Å². The molecule has 2 bridgehead atoms. The van der Waals surface area contributed by atoms with Crippen LogP contribution < -0.4 is 5.32 Å². The number of nitrogens with one attached hydrogen (secondary N) is 1. The number of hydrogen-bond donors (Lipinski definition) is 1. The first-order valence-corrected chi connectivity index (χ1v) is 15.3. The highest BCUT2D eigenvalue weighted by Crippen LogP contribution is 2.38. The lowest BCUT2D eigenvalue weighted by atomic mass is 9.88. The Balaban J connectivity index is 1.19. The van der Waals surface area contributed by atoms with Gasteiger partial charge in [-0.05, 0) is 79.3 Å². The van der Waals surface area contributed by atoms with E-state index in [1.807, 2.05) is 39.9 Å². The molecule has 1 saturated carbocycles. The van der Waals surface area contributed by atoms with Crippen molar-refractivity contribution in [3.63, 3.8) is 0 Å². The summed E-state index contributed by atoms with van der Waals surface area (Å²) in [6, 6.07) is 15.3. The molecule has 42 heavy (non-hydrogen) atoms. The first-order valence-electron chi connectivity index (χ1n) is 15.3.